The van der Waals surface area contributed by atoms with Crippen molar-refractivity contribution in [2.75, 3.05) is 24.6 Å². The van der Waals surface area contributed by atoms with Gasteiger partial charge in [0.05, 0.1) is 18.8 Å². The quantitative estimate of drug-likeness (QED) is 0.676. The molecule has 0 heterocycles. The second-order valence-corrected chi connectivity index (χ2v) is 5.09. The lowest BCUT2D eigenvalue weighted by Gasteiger charge is -2.07. The predicted octanol–water partition coefficient (Wildman–Crippen LogP) is 0.689. The van der Waals surface area contributed by atoms with Crippen molar-refractivity contribution in [1.29, 1.82) is 0 Å². The maximum absolute atomic E-state index is 11.3. The first-order valence-corrected chi connectivity index (χ1v) is 6.76. The summed E-state index contributed by atoms with van der Waals surface area (Å²) < 4.78 is 0. The van der Waals surface area contributed by atoms with E-state index in [0.717, 1.165) is 5.75 Å². The van der Waals surface area contributed by atoms with E-state index in [2.05, 4.69) is 10.6 Å². The second kappa shape index (κ2) is 9.04. The Morgan fingerprint density at radius 1 is 1.12 bits per heavy atom. The molecule has 0 rings (SSSR count). The summed E-state index contributed by atoms with van der Waals surface area (Å²) in [7, 11) is 0. The number of ketones is 1. The molecule has 0 aliphatic rings. The third kappa shape index (κ3) is 8.74. The van der Waals surface area contributed by atoms with Gasteiger partial charge in [-0.2, -0.15) is 11.8 Å². The average Bonchev–Trinajstić information content (AvgIpc) is 2.30. The third-order valence-corrected chi connectivity index (χ3v) is 2.86. The van der Waals surface area contributed by atoms with E-state index >= 15 is 0 Å². The molecule has 0 saturated carbocycles. The standard InChI is InChI=1S/C11H20N2O3S.2H2/c1-4-17-7-11(16)13-6-10(15)12-5-9(14)8(2)3;;/h8H,4-7H2,1-3H3,(H,12,15)(H,13,16);2*1H. The summed E-state index contributed by atoms with van der Waals surface area (Å²) in [6, 6.07) is 0. The molecule has 0 aromatic heterocycles. The minimum absolute atomic E-state index is 0. The van der Waals surface area contributed by atoms with Crippen molar-refractivity contribution in [3.63, 3.8) is 0 Å². The van der Waals surface area contributed by atoms with Gasteiger partial charge in [-0.25, -0.2) is 0 Å². The summed E-state index contributed by atoms with van der Waals surface area (Å²) in [6.07, 6.45) is 0. The molecule has 0 aromatic rings. The Hall–Kier alpha value is -1.04. The van der Waals surface area contributed by atoms with Crippen molar-refractivity contribution < 1.29 is 17.2 Å². The van der Waals surface area contributed by atoms with Crippen molar-refractivity contribution in [1.82, 2.24) is 10.6 Å². The first-order valence-electron chi connectivity index (χ1n) is 5.61. The fraction of sp³-hybridized carbons (Fsp3) is 0.727. The molecule has 0 unspecified atom stereocenters. The van der Waals surface area contributed by atoms with Crippen LogP contribution in [0.3, 0.4) is 0 Å². The number of hydrogen-bond acceptors (Lipinski definition) is 4. The maximum atomic E-state index is 11.3. The molecule has 17 heavy (non-hydrogen) atoms. The van der Waals surface area contributed by atoms with Crippen LogP contribution >= 0.6 is 11.8 Å². The largest absolute Gasteiger partial charge is 0.347 e. The number of nitrogens with one attached hydrogen (secondary N) is 2. The lowest BCUT2D eigenvalue weighted by Crippen LogP contribution is -2.40. The van der Waals surface area contributed by atoms with E-state index in [1.54, 1.807) is 13.8 Å². The van der Waals surface area contributed by atoms with Crippen molar-refractivity contribution in [3.05, 3.63) is 0 Å². The van der Waals surface area contributed by atoms with E-state index < -0.39 is 0 Å². The van der Waals surface area contributed by atoms with Crippen LogP contribution in [-0.2, 0) is 14.4 Å². The van der Waals surface area contributed by atoms with Crippen LogP contribution in [0.5, 0.6) is 0 Å². The zero-order chi connectivity index (χ0) is 13.3. The highest BCUT2D eigenvalue weighted by Gasteiger charge is 2.09. The zero-order valence-corrected chi connectivity index (χ0v) is 11.4. The van der Waals surface area contributed by atoms with Crippen molar-refractivity contribution in [2.24, 2.45) is 5.92 Å². The second-order valence-electron chi connectivity index (χ2n) is 3.81. The Morgan fingerprint density at radius 3 is 2.24 bits per heavy atom. The van der Waals surface area contributed by atoms with Gasteiger partial charge in [-0.15, -0.1) is 0 Å². The van der Waals surface area contributed by atoms with Gasteiger partial charge >= 0.3 is 0 Å². The number of Topliss-reactive ketones (excluding diaryl/α,β-unsaturated/α-hetero) is 1. The number of thioether (sulfide) groups is 1. The molecular weight excluding hydrogens is 240 g/mol. The van der Waals surface area contributed by atoms with Gasteiger partial charge in [0, 0.05) is 8.77 Å². The fourth-order valence-corrected chi connectivity index (χ4v) is 1.37. The van der Waals surface area contributed by atoms with Crippen molar-refractivity contribution in [2.45, 2.75) is 20.8 Å². The number of carbonyl (C=O) groups excluding carboxylic acids is 3. The molecular formula is C11H24N2O3S. The Bertz CT molecular complexity index is 289. The summed E-state index contributed by atoms with van der Waals surface area (Å²) in [6.45, 7) is 5.46. The monoisotopic (exact) mass is 264 g/mol. The van der Waals surface area contributed by atoms with Gasteiger partial charge in [-0.05, 0) is 5.75 Å². The van der Waals surface area contributed by atoms with Crippen LogP contribution in [0.15, 0.2) is 0 Å². The maximum Gasteiger partial charge on any atom is 0.239 e. The molecule has 0 aliphatic carbocycles. The summed E-state index contributed by atoms with van der Waals surface area (Å²) in [5, 5.41) is 4.95. The number of amides is 2. The van der Waals surface area contributed by atoms with E-state index in [1.165, 1.54) is 11.8 Å². The van der Waals surface area contributed by atoms with E-state index in [0.29, 0.717) is 5.75 Å². The van der Waals surface area contributed by atoms with E-state index in [9.17, 15) is 14.4 Å². The molecule has 0 fully saturated rings. The number of rotatable bonds is 8. The summed E-state index contributed by atoms with van der Waals surface area (Å²) in [5.41, 5.74) is 0. The van der Waals surface area contributed by atoms with Crippen LogP contribution in [-0.4, -0.2) is 42.2 Å². The molecule has 0 saturated heterocycles. The minimum atomic E-state index is -0.339. The third-order valence-electron chi connectivity index (χ3n) is 1.99. The normalized spacial score (nSPS) is 10.1. The molecule has 0 aromatic carbocycles. The van der Waals surface area contributed by atoms with Crippen LogP contribution in [0.2, 0.25) is 0 Å². The molecule has 0 spiro atoms. The first-order chi connectivity index (χ1) is 7.97. The molecule has 0 bridgehead atoms. The van der Waals surface area contributed by atoms with E-state index in [4.69, 9.17) is 0 Å². The van der Waals surface area contributed by atoms with Crippen LogP contribution in [0.1, 0.15) is 23.6 Å². The molecule has 0 radical (unpaired) electrons. The fourth-order valence-electron chi connectivity index (χ4n) is 0.877. The molecule has 2 amide bonds. The summed E-state index contributed by atoms with van der Waals surface area (Å²) in [5.74, 6) is 0.602. The average molecular weight is 264 g/mol. The Balaban J connectivity index is -0.00000128. The van der Waals surface area contributed by atoms with Gasteiger partial charge in [0.1, 0.15) is 0 Å². The Kier molecular flexibility index (Phi) is 8.49. The summed E-state index contributed by atoms with van der Waals surface area (Å²) >= 11 is 1.49. The Labute approximate surface area is 109 Å². The van der Waals surface area contributed by atoms with E-state index in [1.807, 2.05) is 6.92 Å². The Morgan fingerprint density at radius 2 is 1.71 bits per heavy atom. The lowest BCUT2D eigenvalue weighted by atomic mass is 10.1. The van der Waals surface area contributed by atoms with Crippen LogP contribution in [0.4, 0.5) is 0 Å². The number of hydrogen-bond donors (Lipinski definition) is 2. The molecule has 5 nitrogen and oxygen atoms in total. The van der Waals surface area contributed by atoms with Gasteiger partial charge in [-0.3, -0.25) is 14.4 Å². The zero-order valence-electron chi connectivity index (χ0n) is 10.5. The lowest BCUT2D eigenvalue weighted by molar-refractivity contribution is -0.127. The molecule has 2 N–H and O–H groups in total. The van der Waals surface area contributed by atoms with Crippen LogP contribution in [0, 0.1) is 5.92 Å². The highest BCUT2D eigenvalue weighted by molar-refractivity contribution is 7.99. The van der Waals surface area contributed by atoms with Crippen LogP contribution < -0.4 is 10.6 Å². The van der Waals surface area contributed by atoms with Gasteiger partial charge in [0.25, 0.3) is 0 Å². The highest BCUT2D eigenvalue weighted by Crippen LogP contribution is 1.96. The number of carbonyl (C=O) groups is 3. The predicted molar refractivity (Wildman–Crippen MR) is 73.1 cm³/mol. The van der Waals surface area contributed by atoms with Gasteiger partial charge < -0.3 is 10.6 Å². The SMILES string of the molecule is CCSCC(=O)NCC(=O)NCC(=O)C(C)C.[HH].[HH]. The summed E-state index contributed by atoms with van der Waals surface area (Å²) in [4.78, 5) is 33.7. The molecule has 0 atom stereocenters. The van der Waals surface area contributed by atoms with Gasteiger partial charge in [-0.1, -0.05) is 20.8 Å². The smallest absolute Gasteiger partial charge is 0.239 e. The van der Waals surface area contributed by atoms with Gasteiger partial charge in [0.15, 0.2) is 5.78 Å². The molecule has 6 heteroatoms. The van der Waals surface area contributed by atoms with E-state index in [-0.39, 0.29) is 39.5 Å². The molecule has 0 aliphatic heterocycles. The van der Waals surface area contributed by atoms with Crippen LogP contribution in [0.25, 0.3) is 0 Å². The topological polar surface area (TPSA) is 75.3 Å². The van der Waals surface area contributed by atoms with Gasteiger partial charge in [0.2, 0.25) is 11.8 Å². The highest BCUT2D eigenvalue weighted by atomic mass is 32.2. The minimum Gasteiger partial charge on any atom is -0.347 e. The van der Waals surface area contributed by atoms with Crippen molar-refractivity contribution in [3.8, 4) is 0 Å². The molecule has 102 valence electrons. The van der Waals surface area contributed by atoms with Crippen molar-refractivity contribution >= 4 is 29.4 Å². The first kappa shape index (κ1) is 16.0.